The molecule has 184 valence electrons. The normalized spacial score (nSPS) is 19.1. The van der Waals surface area contributed by atoms with Crippen LogP contribution in [0.2, 0.25) is 0 Å². The average Bonchev–Trinajstić information content (AvgIpc) is 3.42. The Kier molecular flexibility index (Phi) is 6.92. The maximum atomic E-state index is 13.3. The molecule has 2 atom stereocenters. The lowest BCUT2D eigenvalue weighted by Gasteiger charge is -2.24. The highest BCUT2D eigenvalue weighted by molar-refractivity contribution is 6.01. The molecule has 8 nitrogen and oxygen atoms in total. The average molecular weight is 480 g/mol. The minimum atomic E-state index is -4.54. The SMILES string of the molecule is CCC[C@@H](NC(=O)c1cc(C(=O)N2CCC[C@@H]2C)n2c1COCC2)c1ncc(C(F)(F)F)cn1. The monoisotopic (exact) mass is 479 g/mol. The summed E-state index contributed by atoms with van der Waals surface area (Å²) in [5.41, 5.74) is 0.441. The van der Waals surface area contributed by atoms with Gasteiger partial charge in [-0.25, -0.2) is 9.97 Å². The Morgan fingerprint density at radius 2 is 2.00 bits per heavy atom. The molecule has 0 aliphatic carbocycles. The summed E-state index contributed by atoms with van der Waals surface area (Å²) in [6.07, 6.45) is -0.101. The Balaban J connectivity index is 1.60. The second kappa shape index (κ2) is 9.73. The third-order valence-electron chi connectivity index (χ3n) is 6.38. The Hall–Kier alpha value is -2.95. The molecule has 1 saturated heterocycles. The Bertz CT molecular complexity index is 1050. The van der Waals surface area contributed by atoms with Crippen molar-refractivity contribution in [1.82, 2.24) is 24.8 Å². The van der Waals surface area contributed by atoms with Gasteiger partial charge >= 0.3 is 6.18 Å². The number of ether oxygens (including phenoxy) is 1. The van der Waals surface area contributed by atoms with Crippen molar-refractivity contribution >= 4 is 11.8 Å². The number of likely N-dealkylation sites (tertiary alicyclic amines) is 1. The van der Waals surface area contributed by atoms with Crippen molar-refractivity contribution in [3.63, 3.8) is 0 Å². The summed E-state index contributed by atoms with van der Waals surface area (Å²) in [4.78, 5) is 36.1. The van der Waals surface area contributed by atoms with Crippen LogP contribution in [0.4, 0.5) is 13.2 Å². The van der Waals surface area contributed by atoms with Crippen LogP contribution in [0.1, 0.15) is 83.5 Å². The molecule has 0 saturated carbocycles. The van der Waals surface area contributed by atoms with Gasteiger partial charge in [0.2, 0.25) is 0 Å². The van der Waals surface area contributed by atoms with Gasteiger partial charge in [0.1, 0.15) is 11.5 Å². The molecule has 4 rings (SSSR count). The van der Waals surface area contributed by atoms with Gasteiger partial charge < -0.3 is 19.5 Å². The summed E-state index contributed by atoms with van der Waals surface area (Å²) in [6.45, 7) is 5.69. The van der Waals surface area contributed by atoms with E-state index in [2.05, 4.69) is 15.3 Å². The van der Waals surface area contributed by atoms with E-state index in [-0.39, 0.29) is 24.4 Å². The second-order valence-corrected chi connectivity index (χ2v) is 8.73. The number of alkyl halides is 3. The van der Waals surface area contributed by atoms with E-state index >= 15 is 0 Å². The van der Waals surface area contributed by atoms with E-state index in [0.717, 1.165) is 25.2 Å². The first kappa shape index (κ1) is 24.2. The molecule has 0 spiro atoms. The number of amides is 2. The molecule has 4 heterocycles. The predicted octanol–water partition coefficient (Wildman–Crippen LogP) is 3.72. The van der Waals surface area contributed by atoms with Crippen molar-refractivity contribution in [3.05, 3.63) is 46.8 Å². The van der Waals surface area contributed by atoms with Gasteiger partial charge in [-0.1, -0.05) is 13.3 Å². The van der Waals surface area contributed by atoms with E-state index in [1.807, 2.05) is 23.3 Å². The van der Waals surface area contributed by atoms with Gasteiger partial charge in [-0.05, 0) is 32.3 Å². The van der Waals surface area contributed by atoms with Crippen molar-refractivity contribution in [2.75, 3.05) is 13.2 Å². The van der Waals surface area contributed by atoms with Crippen LogP contribution in [0.15, 0.2) is 18.5 Å². The second-order valence-electron chi connectivity index (χ2n) is 8.73. The molecule has 2 aliphatic heterocycles. The highest BCUT2D eigenvalue weighted by atomic mass is 19.4. The third-order valence-corrected chi connectivity index (χ3v) is 6.38. The summed E-state index contributed by atoms with van der Waals surface area (Å²) >= 11 is 0. The molecule has 11 heteroatoms. The first-order valence-electron chi connectivity index (χ1n) is 11.5. The van der Waals surface area contributed by atoms with E-state index in [4.69, 9.17) is 4.74 Å². The van der Waals surface area contributed by atoms with Gasteiger partial charge in [0.25, 0.3) is 11.8 Å². The number of fused-ring (bicyclic) bond motifs is 1. The number of nitrogens with one attached hydrogen (secondary N) is 1. The van der Waals surface area contributed by atoms with E-state index in [1.165, 1.54) is 0 Å². The van der Waals surface area contributed by atoms with Gasteiger partial charge in [-0.15, -0.1) is 0 Å². The Morgan fingerprint density at radius 3 is 2.62 bits per heavy atom. The number of hydrogen-bond acceptors (Lipinski definition) is 5. The van der Waals surface area contributed by atoms with E-state index in [1.54, 1.807) is 6.07 Å². The van der Waals surface area contributed by atoms with Crippen LogP contribution in [0.25, 0.3) is 0 Å². The lowest BCUT2D eigenvalue weighted by Crippen LogP contribution is -2.35. The fourth-order valence-corrected chi connectivity index (χ4v) is 4.54. The quantitative estimate of drug-likeness (QED) is 0.682. The molecule has 34 heavy (non-hydrogen) atoms. The van der Waals surface area contributed by atoms with Crippen molar-refractivity contribution in [1.29, 1.82) is 0 Å². The summed E-state index contributed by atoms with van der Waals surface area (Å²) in [7, 11) is 0. The number of aromatic nitrogens is 3. The van der Waals surface area contributed by atoms with Crippen molar-refractivity contribution in [3.8, 4) is 0 Å². The van der Waals surface area contributed by atoms with Gasteiger partial charge in [0, 0.05) is 31.5 Å². The van der Waals surface area contributed by atoms with Crippen molar-refractivity contribution in [2.45, 2.75) is 70.9 Å². The molecule has 2 amide bonds. The van der Waals surface area contributed by atoms with Gasteiger partial charge in [-0.2, -0.15) is 13.2 Å². The summed E-state index contributed by atoms with van der Waals surface area (Å²) in [6, 6.07) is 1.07. The largest absolute Gasteiger partial charge is 0.419 e. The van der Waals surface area contributed by atoms with Gasteiger partial charge in [-0.3, -0.25) is 9.59 Å². The van der Waals surface area contributed by atoms with Crippen LogP contribution < -0.4 is 5.32 Å². The Labute approximate surface area is 195 Å². The minimum absolute atomic E-state index is 0.106. The fourth-order valence-electron chi connectivity index (χ4n) is 4.54. The molecule has 0 radical (unpaired) electrons. The zero-order valence-corrected chi connectivity index (χ0v) is 19.2. The van der Waals surface area contributed by atoms with Crippen LogP contribution >= 0.6 is 0 Å². The molecule has 0 unspecified atom stereocenters. The molecule has 0 aromatic carbocycles. The van der Waals surface area contributed by atoms with Crippen molar-refractivity contribution in [2.24, 2.45) is 0 Å². The van der Waals surface area contributed by atoms with Gasteiger partial charge in [0.15, 0.2) is 0 Å². The van der Waals surface area contributed by atoms with E-state index < -0.39 is 23.7 Å². The molecule has 2 aromatic rings. The number of nitrogens with zero attached hydrogens (tertiary/aromatic N) is 4. The van der Waals surface area contributed by atoms with E-state index in [9.17, 15) is 22.8 Å². The summed E-state index contributed by atoms with van der Waals surface area (Å²) in [5.74, 6) is -0.442. The van der Waals surface area contributed by atoms with Crippen LogP contribution in [0.3, 0.4) is 0 Å². The molecule has 2 aliphatic rings. The van der Waals surface area contributed by atoms with Crippen molar-refractivity contribution < 1.29 is 27.5 Å². The number of carbonyl (C=O) groups excluding carboxylic acids is 2. The highest BCUT2D eigenvalue weighted by Crippen LogP contribution is 2.29. The standard InChI is InChI=1S/C23H28F3N5O3/c1-3-5-17(20-27-11-15(12-28-20)23(24,25)26)29-21(32)16-10-18(31-8-9-34-13-19(16)31)22(33)30-7-4-6-14(30)2/h10-12,14,17H,3-9,13H2,1-2H3,(H,29,32)/t14-,17+/m0/s1. The number of halogens is 3. The molecule has 0 bridgehead atoms. The molecule has 1 N–H and O–H groups in total. The van der Waals surface area contributed by atoms with Crippen LogP contribution in [0.5, 0.6) is 0 Å². The molecular weight excluding hydrogens is 451 g/mol. The number of carbonyl (C=O) groups is 2. The van der Waals surface area contributed by atoms with Crippen LogP contribution in [0, 0.1) is 0 Å². The number of rotatable bonds is 6. The van der Waals surface area contributed by atoms with Gasteiger partial charge in [0.05, 0.1) is 36.1 Å². The predicted molar refractivity (Wildman–Crippen MR) is 116 cm³/mol. The topological polar surface area (TPSA) is 89.4 Å². The maximum absolute atomic E-state index is 13.3. The lowest BCUT2D eigenvalue weighted by atomic mass is 10.1. The first-order chi connectivity index (χ1) is 16.2. The number of hydrogen-bond donors (Lipinski definition) is 1. The maximum Gasteiger partial charge on any atom is 0.419 e. The smallest absolute Gasteiger partial charge is 0.373 e. The summed E-state index contributed by atoms with van der Waals surface area (Å²) < 4.78 is 46.0. The molecule has 2 aromatic heterocycles. The van der Waals surface area contributed by atoms with Crippen LogP contribution in [-0.2, 0) is 24.1 Å². The van der Waals surface area contributed by atoms with E-state index in [0.29, 0.717) is 49.5 Å². The minimum Gasteiger partial charge on any atom is -0.373 e. The zero-order valence-electron chi connectivity index (χ0n) is 19.2. The fraction of sp³-hybridized carbons (Fsp3) is 0.565. The Morgan fingerprint density at radius 1 is 1.26 bits per heavy atom. The lowest BCUT2D eigenvalue weighted by molar-refractivity contribution is -0.138. The highest BCUT2D eigenvalue weighted by Gasteiger charge is 2.34. The summed E-state index contributed by atoms with van der Waals surface area (Å²) in [5, 5.41) is 2.85. The molecular formula is C23H28F3N5O3. The third kappa shape index (κ3) is 4.79. The first-order valence-corrected chi connectivity index (χ1v) is 11.5. The zero-order chi connectivity index (χ0) is 24.5. The van der Waals surface area contributed by atoms with Crippen LogP contribution in [-0.4, -0.2) is 50.4 Å². The molecule has 1 fully saturated rings.